The van der Waals surface area contributed by atoms with Gasteiger partial charge in [-0.3, -0.25) is 4.79 Å². The molecule has 6 nitrogen and oxygen atoms in total. The van der Waals surface area contributed by atoms with Crippen LogP contribution in [0, 0.1) is 6.92 Å². The van der Waals surface area contributed by atoms with Crippen LogP contribution in [0.25, 0.3) is 0 Å². The number of sulfonamides is 1. The quantitative estimate of drug-likeness (QED) is 0.688. The highest BCUT2D eigenvalue weighted by molar-refractivity contribution is 7.88. The maximum absolute atomic E-state index is 12.3. The Hall–Kier alpha value is -1.60. The van der Waals surface area contributed by atoms with Crippen molar-refractivity contribution in [3.8, 4) is 0 Å². The number of nitrogens with zero attached hydrogens (tertiary/aromatic N) is 2. The third kappa shape index (κ3) is 6.66. The number of carbonyl (C=O) groups is 1. The number of carbonyl (C=O) groups excluding carboxylic acids is 1. The zero-order chi connectivity index (χ0) is 19.0. The van der Waals surface area contributed by atoms with Crippen molar-refractivity contribution < 1.29 is 13.2 Å². The fourth-order valence-electron chi connectivity index (χ4n) is 2.62. The summed E-state index contributed by atoms with van der Waals surface area (Å²) in [6, 6.07) is 5.88. The number of aryl methyl sites for hydroxylation is 1. The molecule has 0 fully saturated rings. The van der Waals surface area contributed by atoms with Gasteiger partial charge in [-0.2, -0.15) is 4.31 Å². The molecule has 0 atom stereocenters. The van der Waals surface area contributed by atoms with Crippen molar-refractivity contribution in [2.24, 2.45) is 0 Å². The topological polar surface area (TPSA) is 69.7 Å². The van der Waals surface area contributed by atoms with Crippen molar-refractivity contribution in [3.63, 3.8) is 0 Å². The molecular formula is C18H31N3O3S. The summed E-state index contributed by atoms with van der Waals surface area (Å²) in [7, 11) is -3.39. The summed E-state index contributed by atoms with van der Waals surface area (Å²) in [6.07, 6.45) is 2.75. The van der Waals surface area contributed by atoms with Crippen molar-refractivity contribution in [2.75, 3.05) is 42.7 Å². The molecule has 0 saturated heterocycles. The second kappa shape index (κ2) is 9.77. The van der Waals surface area contributed by atoms with Gasteiger partial charge in [0.05, 0.1) is 12.8 Å². The third-order valence-corrected chi connectivity index (χ3v) is 5.41. The average Bonchev–Trinajstić information content (AvgIpc) is 2.54. The second-order valence-electron chi connectivity index (χ2n) is 6.17. The van der Waals surface area contributed by atoms with E-state index in [1.54, 1.807) is 0 Å². The van der Waals surface area contributed by atoms with E-state index in [2.05, 4.69) is 24.1 Å². The maximum Gasteiger partial charge on any atom is 0.239 e. The summed E-state index contributed by atoms with van der Waals surface area (Å²) in [6.45, 7) is 10.2. The van der Waals surface area contributed by atoms with Crippen LogP contribution in [0.1, 0.15) is 39.2 Å². The SMILES string of the molecule is CCCCN(CC(=O)Nc1ccc(N(CC)CC)cc1C)S(C)(=O)=O. The normalized spacial score (nSPS) is 11.6. The van der Waals surface area contributed by atoms with Gasteiger partial charge in [-0.1, -0.05) is 13.3 Å². The average molecular weight is 370 g/mol. The standard InChI is InChI=1S/C18H31N3O3S/c1-6-9-12-21(25(5,23)24)14-18(22)19-17-11-10-16(13-15(17)4)20(7-2)8-3/h10-11,13H,6-9,12,14H2,1-5H3,(H,19,22). The van der Waals surface area contributed by atoms with Crippen LogP contribution < -0.4 is 10.2 Å². The lowest BCUT2D eigenvalue weighted by Crippen LogP contribution is -2.38. The fraction of sp³-hybridized carbons (Fsp3) is 0.611. The molecule has 1 aromatic carbocycles. The number of nitrogens with one attached hydrogen (secondary N) is 1. The second-order valence-corrected chi connectivity index (χ2v) is 8.15. The Labute approximate surface area is 152 Å². The van der Waals surface area contributed by atoms with Crippen LogP contribution in [-0.2, 0) is 14.8 Å². The van der Waals surface area contributed by atoms with Gasteiger partial charge >= 0.3 is 0 Å². The minimum Gasteiger partial charge on any atom is -0.372 e. The van der Waals surface area contributed by atoms with Gasteiger partial charge in [-0.15, -0.1) is 0 Å². The van der Waals surface area contributed by atoms with Crippen molar-refractivity contribution in [3.05, 3.63) is 23.8 Å². The molecule has 1 rings (SSSR count). The van der Waals surface area contributed by atoms with Gasteiger partial charge in [0, 0.05) is 31.0 Å². The minimum atomic E-state index is -3.39. The highest BCUT2D eigenvalue weighted by Crippen LogP contribution is 2.22. The summed E-state index contributed by atoms with van der Waals surface area (Å²) in [5.41, 5.74) is 2.78. The summed E-state index contributed by atoms with van der Waals surface area (Å²) in [4.78, 5) is 14.5. The predicted molar refractivity (Wildman–Crippen MR) is 105 cm³/mol. The summed E-state index contributed by atoms with van der Waals surface area (Å²) < 4.78 is 24.9. The molecule has 0 aliphatic heterocycles. The molecule has 0 aromatic heterocycles. The Balaban J connectivity index is 2.82. The molecule has 142 valence electrons. The molecule has 0 bridgehead atoms. The van der Waals surface area contributed by atoms with E-state index in [4.69, 9.17) is 0 Å². The predicted octanol–water partition coefficient (Wildman–Crippen LogP) is 2.84. The molecule has 0 unspecified atom stereocenters. The Bertz CT molecular complexity index is 670. The first kappa shape index (κ1) is 21.4. The molecule has 1 N–H and O–H groups in total. The van der Waals surface area contributed by atoms with E-state index in [0.717, 1.165) is 43.4 Å². The van der Waals surface area contributed by atoms with E-state index in [1.165, 1.54) is 4.31 Å². The number of benzene rings is 1. The number of unbranched alkanes of at least 4 members (excludes halogenated alkanes) is 1. The summed E-state index contributed by atoms with van der Waals surface area (Å²) >= 11 is 0. The lowest BCUT2D eigenvalue weighted by molar-refractivity contribution is -0.116. The Morgan fingerprint density at radius 1 is 1.16 bits per heavy atom. The lowest BCUT2D eigenvalue weighted by Gasteiger charge is -2.23. The van der Waals surface area contributed by atoms with Gasteiger partial charge in [0.15, 0.2) is 0 Å². The number of amides is 1. The van der Waals surface area contributed by atoms with Crippen LogP contribution in [0.2, 0.25) is 0 Å². The van der Waals surface area contributed by atoms with Crippen molar-refractivity contribution in [2.45, 2.75) is 40.5 Å². The van der Waals surface area contributed by atoms with Crippen molar-refractivity contribution in [1.29, 1.82) is 0 Å². The molecule has 0 spiro atoms. The number of rotatable bonds is 10. The summed E-state index contributed by atoms with van der Waals surface area (Å²) in [5, 5.41) is 2.83. The van der Waals surface area contributed by atoms with E-state index in [9.17, 15) is 13.2 Å². The highest BCUT2D eigenvalue weighted by atomic mass is 32.2. The molecule has 1 aromatic rings. The van der Waals surface area contributed by atoms with E-state index in [1.807, 2.05) is 32.0 Å². The third-order valence-electron chi connectivity index (χ3n) is 4.16. The Kier molecular flexibility index (Phi) is 8.38. The van der Waals surface area contributed by atoms with Gasteiger partial charge in [0.1, 0.15) is 0 Å². The molecule has 1 amide bonds. The zero-order valence-electron chi connectivity index (χ0n) is 16.0. The number of hydrogen-bond acceptors (Lipinski definition) is 4. The first-order valence-corrected chi connectivity index (χ1v) is 10.7. The molecule has 7 heteroatoms. The molecule has 0 saturated carbocycles. The van der Waals surface area contributed by atoms with Crippen molar-refractivity contribution >= 4 is 27.3 Å². The first-order valence-electron chi connectivity index (χ1n) is 8.83. The van der Waals surface area contributed by atoms with Crippen LogP contribution >= 0.6 is 0 Å². The lowest BCUT2D eigenvalue weighted by atomic mass is 10.1. The Morgan fingerprint density at radius 2 is 1.80 bits per heavy atom. The largest absolute Gasteiger partial charge is 0.372 e. The minimum absolute atomic E-state index is 0.157. The first-order chi connectivity index (χ1) is 11.7. The molecule has 25 heavy (non-hydrogen) atoms. The van der Waals surface area contributed by atoms with Crippen LogP contribution in [0.5, 0.6) is 0 Å². The van der Waals surface area contributed by atoms with Crippen LogP contribution in [-0.4, -0.2) is 51.1 Å². The molecule has 0 aliphatic rings. The zero-order valence-corrected chi connectivity index (χ0v) is 16.8. The number of hydrogen-bond donors (Lipinski definition) is 1. The van der Waals surface area contributed by atoms with Gasteiger partial charge in [-0.05, 0) is 51.0 Å². The van der Waals surface area contributed by atoms with Crippen LogP contribution in [0.3, 0.4) is 0 Å². The van der Waals surface area contributed by atoms with E-state index >= 15 is 0 Å². The molecular weight excluding hydrogens is 338 g/mol. The van der Waals surface area contributed by atoms with Crippen LogP contribution in [0.4, 0.5) is 11.4 Å². The molecule has 0 aliphatic carbocycles. The highest BCUT2D eigenvalue weighted by Gasteiger charge is 2.20. The van der Waals surface area contributed by atoms with E-state index < -0.39 is 10.0 Å². The monoisotopic (exact) mass is 369 g/mol. The van der Waals surface area contributed by atoms with Gasteiger partial charge in [0.2, 0.25) is 15.9 Å². The van der Waals surface area contributed by atoms with Gasteiger partial charge < -0.3 is 10.2 Å². The van der Waals surface area contributed by atoms with Gasteiger partial charge in [-0.25, -0.2) is 8.42 Å². The molecule has 0 heterocycles. The molecule has 0 radical (unpaired) electrons. The van der Waals surface area contributed by atoms with E-state index in [0.29, 0.717) is 12.2 Å². The number of anilines is 2. The van der Waals surface area contributed by atoms with E-state index in [-0.39, 0.29) is 12.5 Å². The maximum atomic E-state index is 12.3. The summed E-state index contributed by atoms with van der Waals surface area (Å²) in [5.74, 6) is -0.319. The Morgan fingerprint density at radius 3 is 2.28 bits per heavy atom. The van der Waals surface area contributed by atoms with Crippen LogP contribution in [0.15, 0.2) is 18.2 Å². The smallest absolute Gasteiger partial charge is 0.239 e. The van der Waals surface area contributed by atoms with Crippen molar-refractivity contribution in [1.82, 2.24) is 4.31 Å². The fourth-order valence-corrected chi connectivity index (χ4v) is 3.43. The van der Waals surface area contributed by atoms with Gasteiger partial charge in [0.25, 0.3) is 0 Å².